The lowest BCUT2D eigenvalue weighted by Crippen LogP contribution is -2.19. The molecule has 0 aliphatic rings. The number of hydrogen-bond donors (Lipinski definition) is 1. The molecule has 106 valence electrons. The summed E-state index contributed by atoms with van der Waals surface area (Å²) in [5, 5.41) is 5.26. The van der Waals surface area contributed by atoms with Crippen molar-refractivity contribution in [2.45, 2.75) is 0 Å². The van der Waals surface area contributed by atoms with Gasteiger partial charge in [0, 0.05) is 29.4 Å². The maximum absolute atomic E-state index is 12.4. The zero-order valence-electron chi connectivity index (χ0n) is 11.6. The molecular weight excluding hydrogens is 276 g/mol. The van der Waals surface area contributed by atoms with Gasteiger partial charge in [-0.15, -0.1) is 0 Å². The van der Waals surface area contributed by atoms with Crippen LogP contribution in [0.5, 0.6) is 0 Å². The van der Waals surface area contributed by atoms with Crippen molar-refractivity contribution in [1.82, 2.24) is 19.7 Å². The van der Waals surface area contributed by atoms with Crippen molar-refractivity contribution in [3.8, 4) is 16.8 Å². The monoisotopic (exact) mass is 288 g/mol. The van der Waals surface area contributed by atoms with Crippen LogP contribution in [0.25, 0.3) is 27.8 Å². The Morgan fingerprint density at radius 1 is 1.05 bits per heavy atom. The Morgan fingerprint density at radius 3 is 2.73 bits per heavy atom. The van der Waals surface area contributed by atoms with Crippen LogP contribution < -0.4 is 5.56 Å². The molecule has 0 bridgehead atoms. The van der Waals surface area contributed by atoms with Gasteiger partial charge in [-0.25, -0.2) is 4.98 Å². The van der Waals surface area contributed by atoms with Crippen LogP contribution in [-0.4, -0.2) is 19.7 Å². The number of para-hydroxylation sites is 1. The summed E-state index contributed by atoms with van der Waals surface area (Å²) >= 11 is 0. The van der Waals surface area contributed by atoms with Crippen molar-refractivity contribution in [1.29, 1.82) is 0 Å². The van der Waals surface area contributed by atoms with Crippen LogP contribution >= 0.6 is 0 Å². The fourth-order valence-corrected chi connectivity index (χ4v) is 2.53. The maximum Gasteiger partial charge on any atom is 0.272 e. The third kappa shape index (κ3) is 2.00. The van der Waals surface area contributed by atoms with E-state index in [1.54, 1.807) is 18.5 Å². The summed E-state index contributed by atoms with van der Waals surface area (Å²) in [6.07, 6.45) is 5.26. The SMILES string of the molecule is O=c1cc(-c2ccnc3[nH]ccc23)cnn1-c1ccccc1. The Bertz CT molecular complexity index is 1000. The highest BCUT2D eigenvalue weighted by atomic mass is 16.1. The molecule has 0 unspecified atom stereocenters. The fraction of sp³-hybridized carbons (Fsp3) is 0. The zero-order valence-corrected chi connectivity index (χ0v) is 11.6. The van der Waals surface area contributed by atoms with E-state index < -0.39 is 0 Å². The van der Waals surface area contributed by atoms with Gasteiger partial charge in [-0.05, 0) is 29.8 Å². The molecule has 5 nitrogen and oxygen atoms in total. The van der Waals surface area contributed by atoms with E-state index in [9.17, 15) is 4.79 Å². The summed E-state index contributed by atoms with van der Waals surface area (Å²) < 4.78 is 1.39. The van der Waals surface area contributed by atoms with Crippen molar-refractivity contribution >= 4 is 11.0 Å². The minimum atomic E-state index is -0.163. The normalized spacial score (nSPS) is 10.9. The minimum absolute atomic E-state index is 0.163. The van der Waals surface area contributed by atoms with Gasteiger partial charge in [0.1, 0.15) is 5.65 Å². The molecular formula is C17H12N4O. The Morgan fingerprint density at radius 2 is 1.91 bits per heavy atom. The second kappa shape index (κ2) is 4.96. The van der Waals surface area contributed by atoms with Crippen molar-refractivity contribution in [2.24, 2.45) is 0 Å². The quantitative estimate of drug-likeness (QED) is 0.617. The summed E-state index contributed by atoms with van der Waals surface area (Å²) in [4.78, 5) is 19.7. The number of rotatable bonds is 2. The highest BCUT2D eigenvalue weighted by molar-refractivity contribution is 5.92. The van der Waals surface area contributed by atoms with Gasteiger partial charge in [0.25, 0.3) is 5.56 Å². The Labute approximate surface area is 125 Å². The second-order valence-electron chi connectivity index (χ2n) is 4.93. The number of aromatic nitrogens is 4. The minimum Gasteiger partial charge on any atom is -0.346 e. The average Bonchev–Trinajstić information content (AvgIpc) is 3.04. The highest BCUT2D eigenvalue weighted by Gasteiger charge is 2.08. The molecule has 3 heterocycles. The van der Waals surface area contributed by atoms with E-state index in [2.05, 4.69) is 15.1 Å². The van der Waals surface area contributed by atoms with Gasteiger partial charge in [0.15, 0.2) is 0 Å². The van der Waals surface area contributed by atoms with Gasteiger partial charge >= 0.3 is 0 Å². The van der Waals surface area contributed by atoms with E-state index in [1.807, 2.05) is 48.7 Å². The highest BCUT2D eigenvalue weighted by Crippen LogP contribution is 2.25. The number of fused-ring (bicyclic) bond motifs is 1. The number of pyridine rings is 1. The number of benzene rings is 1. The molecule has 4 rings (SSSR count). The van der Waals surface area contributed by atoms with Crippen LogP contribution in [0.2, 0.25) is 0 Å². The van der Waals surface area contributed by atoms with Crippen molar-refractivity contribution in [3.05, 3.63) is 77.5 Å². The van der Waals surface area contributed by atoms with Crippen LogP contribution in [0.3, 0.4) is 0 Å². The van der Waals surface area contributed by atoms with E-state index in [4.69, 9.17) is 0 Å². The van der Waals surface area contributed by atoms with Gasteiger partial charge in [0.2, 0.25) is 0 Å². The lowest BCUT2D eigenvalue weighted by molar-refractivity contribution is 0.808. The molecule has 3 aromatic heterocycles. The van der Waals surface area contributed by atoms with Crippen LogP contribution in [0.15, 0.2) is 71.9 Å². The molecule has 0 spiro atoms. The van der Waals surface area contributed by atoms with E-state index in [0.717, 1.165) is 27.8 Å². The molecule has 4 aromatic rings. The smallest absolute Gasteiger partial charge is 0.272 e. The first-order chi connectivity index (χ1) is 10.8. The molecule has 0 amide bonds. The molecule has 22 heavy (non-hydrogen) atoms. The summed E-state index contributed by atoms with van der Waals surface area (Å²) in [6, 6.07) is 14.8. The first-order valence-corrected chi connectivity index (χ1v) is 6.90. The van der Waals surface area contributed by atoms with Crippen LogP contribution in [0, 0.1) is 0 Å². The molecule has 5 heteroatoms. The predicted octanol–water partition coefficient (Wildman–Crippen LogP) is 2.78. The van der Waals surface area contributed by atoms with Crippen molar-refractivity contribution in [3.63, 3.8) is 0 Å². The van der Waals surface area contributed by atoms with Gasteiger partial charge in [-0.1, -0.05) is 18.2 Å². The predicted molar refractivity (Wildman–Crippen MR) is 84.9 cm³/mol. The third-order valence-electron chi connectivity index (χ3n) is 3.57. The number of aromatic amines is 1. The van der Waals surface area contributed by atoms with Crippen molar-refractivity contribution in [2.75, 3.05) is 0 Å². The summed E-state index contributed by atoms with van der Waals surface area (Å²) in [6.45, 7) is 0. The number of nitrogens with one attached hydrogen (secondary N) is 1. The Kier molecular flexibility index (Phi) is 2.83. The van der Waals surface area contributed by atoms with Crippen LogP contribution in [0.1, 0.15) is 0 Å². The molecule has 1 aromatic carbocycles. The summed E-state index contributed by atoms with van der Waals surface area (Å²) in [7, 11) is 0. The van der Waals surface area contributed by atoms with E-state index in [0.29, 0.717) is 0 Å². The molecule has 0 aliphatic carbocycles. The molecule has 0 saturated heterocycles. The first-order valence-electron chi connectivity index (χ1n) is 6.90. The van der Waals surface area contributed by atoms with Gasteiger partial charge < -0.3 is 4.98 Å². The maximum atomic E-state index is 12.4. The molecule has 0 saturated carbocycles. The summed E-state index contributed by atoms with van der Waals surface area (Å²) in [5.74, 6) is 0. The van der Waals surface area contributed by atoms with E-state index >= 15 is 0 Å². The van der Waals surface area contributed by atoms with Gasteiger partial charge in [0.05, 0.1) is 11.9 Å². The van der Waals surface area contributed by atoms with Crippen molar-refractivity contribution < 1.29 is 0 Å². The molecule has 0 radical (unpaired) electrons. The van der Waals surface area contributed by atoms with E-state index in [1.165, 1.54) is 4.68 Å². The second-order valence-corrected chi connectivity index (χ2v) is 4.93. The average molecular weight is 288 g/mol. The summed E-state index contributed by atoms with van der Waals surface area (Å²) in [5.41, 5.74) is 3.11. The van der Waals surface area contributed by atoms with Gasteiger partial charge in [-0.3, -0.25) is 4.79 Å². The zero-order chi connectivity index (χ0) is 14.9. The molecule has 0 aliphatic heterocycles. The molecule has 1 N–H and O–H groups in total. The molecule has 0 fully saturated rings. The van der Waals surface area contributed by atoms with E-state index in [-0.39, 0.29) is 5.56 Å². The standard InChI is InChI=1S/C17H12N4O/c22-16-10-12(11-20-21(16)13-4-2-1-3-5-13)14-6-8-18-17-15(14)7-9-19-17/h1-11H,(H,18,19). The Hall–Kier alpha value is -3.21. The topological polar surface area (TPSA) is 63.6 Å². The Balaban J connectivity index is 1.87. The molecule has 0 atom stereocenters. The van der Waals surface area contributed by atoms with Crippen LogP contribution in [-0.2, 0) is 0 Å². The third-order valence-corrected chi connectivity index (χ3v) is 3.57. The fourth-order valence-electron chi connectivity index (χ4n) is 2.53. The van der Waals surface area contributed by atoms with Gasteiger partial charge in [-0.2, -0.15) is 9.78 Å². The lowest BCUT2D eigenvalue weighted by Gasteiger charge is -2.06. The number of H-pyrrole nitrogens is 1. The largest absolute Gasteiger partial charge is 0.346 e. The number of nitrogens with zero attached hydrogens (tertiary/aromatic N) is 3. The van der Waals surface area contributed by atoms with Crippen LogP contribution in [0.4, 0.5) is 0 Å². The lowest BCUT2D eigenvalue weighted by atomic mass is 10.1. The number of hydrogen-bond acceptors (Lipinski definition) is 3. The first kappa shape index (κ1) is 12.5.